The van der Waals surface area contributed by atoms with E-state index in [4.69, 9.17) is 0 Å². The first-order valence-corrected chi connectivity index (χ1v) is 8.67. The fraction of sp³-hybridized carbons (Fsp3) is 0.471. The van der Waals surface area contributed by atoms with Gasteiger partial charge < -0.3 is 5.32 Å². The molecule has 0 spiro atoms. The molecule has 22 heavy (non-hydrogen) atoms. The monoisotopic (exact) mass is 337 g/mol. The van der Waals surface area contributed by atoms with Gasteiger partial charge in [0.15, 0.2) is 0 Å². The van der Waals surface area contributed by atoms with Gasteiger partial charge in [-0.1, -0.05) is 12.1 Å². The molecule has 1 unspecified atom stereocenters. The Morgan fingerprint density at radius 3 is 2.86 bits per heavy atom. The van der Waals surface area contributed by atoms with E-state index in [2.05, 4.69) is 44.8 Å². The average Bonchev–Trinajstić information content (AvgIpc) is 2.87. The molecule has 0 saturated carbocycles. The van der Waals surface area contributed by atoms with Crippen LogP contribution in [0.2, 0.25) is 0 Å². The second-order valence-electron chi connectivity index (χ2n) is 5.64. The molecule has 2 aromatic rings. The van der Waals surface area contributed by atoms with Gasteiger partial charge >= 0.3 is 0 Å². The lowest BCUT2D eigenvalue weighted by Crippen LogP contribution is -2.35. The SMILES string of the molecule is Cl.c1ccc(CN(Cc2cccs2)C2CCCNCC2)nc1. The summed E-state index contributed by atoms with van der Waals surface area (Å²) in [5, 5.41) is 5.68. The summed E-state index contributed by atoms with van der Waals surface area (Å²) >= 11 is 1.85. The summed E-state index contributed by atoms with van der Waals surface area (Å²) < 4.78 is 0. The van der Waals surface area contributed by atoms with Crippen molar-refractivity contribution in [1.82, 2.24) is 15.2 Å². The average molecular weight is 338 g/mol. The number of hydrogen-bond donors (Lipinski definition) is 1. The highest BCUT2D eigenvalue weighted by molar-refractivity contribution is 7.09. The van der Waals surface area contributed by atoms with Gasteiger partial charge in [0, 0.05) is 30.2 Å². The van der Waals surface area contributed by atoms with Crippen LogP contribution in [0.1, 0.15) is 29.8 Å². The molecule has 0 bridgehead atoms. The molecule has 0 aromatic carbocycles. The van der Waals surface area contributed by atoms with Crippen molar-refractivity contribution in [3.05, 3.63) is 52.5 Å². The maximum absolute atomic E-state index is 4.51. The second-order valence-corrected chi connectivity index (χ2v) is 6.67. The molecule has 5 heteroatoms. The molecular weight excluding hydrogens is 314 g/mol. The van der Waals surface area contributed by atoms with E-state index in [0.717, 1.165) is 26.2 Å². The van der Waals surface area contributed by atoms with E-state index in [1.807, 2.05) is 23.6 Å². The van der Waals surface area contributed by atoms with E-state index < -0.39 is 0 Å². The summed E-state index contributed by atoms with van der Waals surface area (Å²) in [6.07, 6.45) is 5.69. The summed E-state index contributed by atoms with van der Waals surface area (Å²) in [5.74, 6) is 0. The molecule has 3 heterocycles. The van der Waals surface area contributed by atoms with Crippen LogP contribution >= 0.6 is 23.7 Å². The summed E-state index contributed by atoms with van der Waals surface area (Å²) in [7, 11) is 0. The molecule has 3 nitrogen and oxygen atoms in total. The molecule has 0 aliphatic carbocycles. The minimum atomic E-state index is 0. The minimum Gasteiger partial charge on any atom is -0.317 e. The number of rotatable bonds is 5. The highest BCUT2D eigenvalue weighted by atomic mass is 35.5. The normalized spacial score (nSPS) is 18.7. The lowest BCUT2D eigenvalue weighted by molar-refractivity contribution is 0.164. The molecule has 1 aliphatic rings. The third-order valence-corrected chi connectivity index (χ3v) is 4.95. The molecule has 0 radical (unpaired) electrons. The molecule has 3 rings (SSSR count). The van der Waals surface area contributed by atoms with Crippen LogP contribution in [0.15, 0.2) is 41.9 Å². The number of nitrogens with one attached hydrogen (secondary N) is 1. The Bertz CT molecular complexity index is 510. The lowest BCUT2D eigenvalue weighted by Gasteiger charge is -2.30. The Morgan fingerprint density at radius 1 is 1.14 bits per heavy atom. The fourth-order valence-corrected chi connectivity index (χ4v) is 3.71. The lowest BCUT2D eigenvalue weighted by atomic mass is 10.1. The van der Waals surface area contributed by atoms with Gasteiger partial charge in [-0.3, -0.25) is 9.88 Å². The topological polar surface area (TPSA) is 28.2 Å². The van der Waals surface area contributed by atoms with Crippen molar-refractivity contribution < 1.29 is 0 Å². The molecule has 1 aliphatic heterocycles. The van der Waals surface area contributed by atoms with Crippen LogP contribution in [0.3, 0.4) is 0 Å². The van der Waals surface area contributed by atoms with Crippen molar-refractivity contribution in [2.45, 2.75) is 38.4 Å². The van der Waals surface area contributed by atoms with Crippen molar-refractivity contribution >= 4 is 23.7 Å². The summed E-state index contributed by atoms with van der Waals surface area (Å²) in [6.45, 7) is 4.28. The van der Waals surface area contributed by atoms with Gasteiger partial charge in [-0.25, -0.2) is 0 Å². The van der Waals surface area contributed by atoms with Gasteiger partial charge in [-0.15, -0.1) is 23.7 Å². The molecule has 1 saturated heterocycles. The first-order valence-electron chi connectivity index (χ1n) is 7.79. The Labute approximate surface area is 143 Å². The summed E-state index contributed by atoms with van der Waals surface area (Å²) in [6, 6.07) is 11.3. The molecule has 2 aromatic heterocycles. The van der Waals surface area contributed by atoms with Gasteiger partial charge in [0.1, 0.15) is 0 Å². The van der Waals surface area contributed by atoms with Crippen LogP contribution in [-0.2, 0) is 13.1 Å². The van der Waals surface area contributed by atoms with Gasteiger partial charge in [0.2, 0.25) is 0 Å². The van der Waals surface area contributed by atoms with E-state index >= 15 is 0 Å². The second kappa shape index (κ2) is 9.26. The summed E-state index contributed by atoms with van der Waals surface area (Å²) in [5.41, 5.74) is 1.17. The van der Waals surface area contributed by atoms with Crippen molar-refractivity contribution in [3.63, 3.8) is 0 Å². The Balaban J connectivity index is 0.00000176. The van der Waals surface area contributed by atoms with Crippen molar-refractivity contribution in [1.29, 1.82) is 0 Å². The standard InChI is InChI=1S/C17H23N3S.ClH/c1-2-10-19-15(5-1)13-20(14-17-7-4-12-21-17)16-6-3-9-18-11-8-16;/h1-2,4-5,7,10,12,16,18H,3,6,8-9,11,13-14H2;1H. The zero-order chi connectivity index (χ0) is 14.3. The predicted molar refractivity (Wildman–Crippen MR) is 95.6 cm³/mol. The van der Waals surface area contributed by atoms with Gasteiger partial charge in [-0.05, 0) is 55.9 Å². The highest BCUT2D eigenvalue weighted by Crippen LogP contribution is 2.21. The van der Waals surface area contributed by atoms with E-state index in [1.165, 1.54) is 29.8 Å². The van der Waals surface area contributed by atoms with Crippen LogP contribution in [0.25, 0.3) is 0 Å². The third kappa shape index (κ3) is 5.06. The summed E-state index contributed by atoms with van der Waals surface area (Å²) in [4.78, 5) is 8.57. The van der Waals surface area contributed by atoms with Crippen LogP contribution in [0.4, 0.5) is 0 Å². The number of thiophene rings is 1. The van der Waals surface area contributed by atoms with E-state index in [-0.39, 0.29) is 12.4 Å². The van der Waals surface area contributed by atoms with Crippen molar-refractivity contribution in [2.24, 2.45) is 0 Å². The molecular formula is C17H24ClN3S. The number of nitrogens with zero attached hydrogens (tertiary/aromatic N) is 2. The maximum Gasteiger partial charge on any atom is 0.0544 e. The predicted octanol–water partition coefficient (Wildman–Crippen LogP) is 3.71. The van der Waals surface area contributed by atoms with Gasteiger partial charge in [-0.2, -0.15) is 0 Å². The number of hydrogen-bond acceptors (Lipinski definition) is 4. The Morgan fingerprint density at radius 2 is 2.09 bits per heavy atom. The zero-order valence-electron chi connectivity index (χ0n) is 12.8. The van der Waals surface area contributed by atoms with E-state index in [9.17, 15) is 0 Å². The number of aromatic nitrogens is 1. The molecule has 120 valence electrons. The van der Waals surface area contributed by atoms with Crippen LogP contribution in [0.5, 0.6) is 0 Å². The fourth-order valence-electron chi connectivity index (χ4n) is 2.98. The van der Waals surface area contributed by atoms with Crippen LogP contribution in [0, 0.1) is 0 Å². The Kier molecular flexibility index (Phi) is 7.33. The van der Waals surface area contributed by atoms with Crippen LogP contribution < -0.4 is 5.32 Å². The number of halogens is 1. The first-order chi connectivity index (χ1) is 10.4. The zero-order valence-corrected chi connectivity index (χ0v) is 14.4. The van der Waals surface area contributed by atoms with Crippen molar-refractivity contribution in [2.75, 3.05) is 13.1 Å². The quantitative estimate of drug-likeness (QED) is 0.901. The number of pyridine rings is 1. The van der Waals surface area contributed by atoms with Gasteiger partial charge in [0.05, 0.1) is 5.69 Å². The smallest absolute Gasteiger partial charge is 0.0544 e. The van der Waals surface area contributed by atoms with Gasteiger partial charge in [0.25, 0.3) is 0 Å². The van der Waals surface area contributed by atoms with E-state index in [1.54, 1.807) is 0 Å². The molecule has 1 atom stereocenters. The third-order valence-electron chi connectivity index (χ3n) is 4.09. The van der Waals surface area contributed by atoms with E-state index in [0.29, 0.717) is 6.04 Å². The van der Waals surface area contributed by atoms with Crippen molar-refractivity contribution in [3.8, 4) is 0 Å². The Hall–Kier alpha value is -0.940. The highest BCUT2D eigenvalue weighted by Gasteiger charge is 2.21. The molecule has 1 N–H and O–H groups in total. The molecule has 1 fully saturated rings. The maximum atomic E-state index is 4.51. The minimum absolute atomic E-state index is 0. The molecule has 0 amide bonds. The first kappa shape index (κ1) is 17.4. The van der Waals surface area contributed by atoms with Crippen LogP contribution in [-0.4, -0.2) is 29.0 Å². The largest absolute Gasteiger partial charge is 0.317 e.